The molecule has 0 aliphatic carbocycles. The third kappa shape index (κ3) is 5.09. The quantitative estimate of drug-likeness (QED) is 0.808. The van der Waals surface area contributed by atoms with Crippen LogP contribution in [0.15, 0.2) is 18.2 Å². The maximum absolute atomic E-state index is 12.1. The average Bonchev–Trinajstić information content (AvgIpc) is 2.40. The molecule has 1 aromatic carbocycles. The van der Waals surface area contributed by atoms with Crippen LogP contribution in [0, 0.1) is 0 Å². The lowest BCUT2D eigenvalue weighted by molar-refractivity contribution is 0.0951. The van der Waals surface area contributed by atoms with Gasteiger partial charge in [-0.05, 0) is 38.7 Å². The minimum Gasteiger partial charge on any atom is -0.385 e. The van der Waals surface area contributed by atoms with Gasteiger partial charge in [-0.3, -0.25) is 4.79 Å². The lowest BCUT2D eigenvalue weighted by atomic mass is 10.1. The molecule has 1 aromatic rings. The second kappa shape index (κ2) is 8.02. The van der Waals surface area contributed by atoms with Crippen LogP contribution in [0.2, 0.25) is 5.02 Å². The predicted molar refractivity (Wildman–Crippen MR) is 81.1 cm³/mol. The summed E-state index contributed by atoms with van der Waals surface area (Å²) in [6, 6.07) is 5.30. The van der Waals surface area contributed by atoms with Gasteiger partial charge < -0.3 is 15.5 Å². The second-order valence-corrected chi connectivity index (χ2v) is 4.81. The SMILES string of the molecule is CCNc1ccc(Cl)cc1C(=O)NCCN(C)CC. The largest absolute Gasteiger partial charge is 0.385 e. The first kappa shape index (κ1) is 15.8. The van der Waals surface area contributed by atoms with E-state index in [1.54, 1.807) is 12.1 Å². The highest BCUT2D eigenvalue weighted by Crippen LogP contribution is 2.20. The van der Waals surface area contributed by atoms with E-state index in [0.717, 1.165) is 25.3 Å². The molecule has 1 amide bonds. The van der Waals surface area contributed by atoms with Crippen LogP contribution >= 0.6 is 11.6 Å². The van der Waals surface area contributed by atoms with Crippen molar-refractivity contribution in [2.45, 2.75) is 13.8 Å². The standard InChI is InChI=1S/C14H22ClN3O/c1-4-16-13-7-6-11(15)10-12(13)14(19)17-8-9-18(3)5-2/h6-7,10,16H,4-5,8-9H2,1-3H3,(H,17,19). The van der Waals surface area contributed by atoms with Crippen molar-refractivity contribution < 1.29 is 4.79 Å². The fraction of sp³-hybridized carbons (Fsp3) is 0.500. The molecule has 19 heavy (non-hydrogen) atoms. The van der Waals surface area contributed by atoms with Gasteiger partial charge in [0.15, 0.2) is 0 Å². The van der Waals surface area contributed by atoms with Crippen LogP contribution in [0.3, 0.4) is 0 Å². The molecule has 106 valence electrons. The Morgan fingerprint density at radius 1 is 1.37 bits per heavy atom. The van der Waals surface area contributed by atoms with Gasteiger partial charge in [0.05, 0.1) is 5.56 Å². The molecule has 0 saturated carbocycles. The molecule has 0 aliphatic heterocycles. The summed E-state index contributed by atoms with van der Waals surface area (Å²) >= 11 is 5.95. The molecule has 0 fully saturated rings. The van der Waals surface area contributed by atoms with E-state index in [0.29, 0.717) is 17.1 Å². The number of hydrogen-bond acceptors (Lipinski definition) is 3. The van der Waals surface area contributed by atoms with Crippen LogP contribution in [0.5, 0.6) is 0 Å². The lowest BCUT2D eigenvalue weighted by Gasteiger charge is -2.15. The van der Waals surface area contributed by atoms with Crippen molar-refractivity contribution in [1.82, 2.24) is 10.2 Å². The number of hydrogen-bond donors (Lipinski definition) is 2. The molecule has 0 spiro atoms. The Kier molecular flexibility index (Phi) is 6.67. The highest BCUT2D eigenvalue weighted by molar-refractivity contribution is 6.31. The van der Waals surface area contributed by atoms with Gasteiger partial charge in [-0.2, -0.15) is 0 Å². The number of halogens is 1. The molecule has 4 nitrogen and oxygen atoms in total. The monoisotopic (exact) mass is 283 g/mol. The van der Waals surface area contributed by atoms with Crippen LogP contribution in [0.4, 0.5) is 5.69 Å². The maximum Gasteiger partial charge on any atom is 0.253 e. The number of carbonyl (C=O) groups is 1. The van der Waals surface area contributed by atoms with Crippen molar-refractivity contribution in [3.8, 4) is 0 Å². The Morgan fingerprint density at radius 3 is 2.74 bits per heavy atom. The zero-order valence-corrected chi connectivity index (χ0v) is 12.5. The molecular weight excluding hydrogens is 262 g/mol. The Bertz CT molecular complexity index is 423. The maximum atomic E-state index is 12.1. The van der Waals surface area contributed by atoms with Crippen LogP contribution in [0.1, 0.15) is 24.2 Å². The third-order valence-corrected chi connectivity index (χ3v) is 3.15. The summed E-state index contributed by atoms with van der Waals surface area (Å²) in [4.78, 5) is 14.3. The van der Waals surface area contributed by atoms with E-state index < -0.39 is 0 Å². The Balaban J connectivity index is 2.67. The first-order valence-corrected chi connectivity index (χ1v) is 6.96. The van der Waals surface area contributed by atoms with Crippen molar-refractivity contribution in [1.29, 1.82) is 0 Å². The van der Waals surface area contributed by atoms with E-state index in [9.17, 15) is 4.79 Å². The van der Waals surface area contributed by atoms with Gasteiger partial charge in [0, 0.05) is 30.3 Å². The number of benzene rings is 1. The molecule has 2 N–H and O–H groups in total. The van der Waals surface area contributed by atoms with Gasteiger partial charge in [-0.25, -0.2) is 0 Å². The zero-order chi connectivity index (χ0) is 14.3. The van der Waals surface area contributed by atoms with E-state index >= 15 is 0 Å². The van der Waals surface area contributed by atoms with Crippen molar-refractivity contribution in [3.05, 3.63) is 28.8 Å². The summed E-state index contributed by atoms with van der Waals surface area (Å²) in [6.45, 7) is 7.27. The highest BCUT2D eigenvalue weighted by Gasteiger charge is 2.11. The average molecular weight is 284 g/mol. The first-order chi connectivity index (χ1) is 9.08. The lowest BCUT2D eigenvalue weighted by Crippen LogP contribution is -2.33. The Morgan fingerprint density at radius 2 is 2.11 bits per heavy atom. The van der Waals surface area contributed by atoms with E-state index in [4.69, 9.17) is 11.6 Å². The summed E-state index contributed by atoms with van der Waals surface area (Å²) in [5, 5.41) is 6.64. The van der Waals surface area contributed by atoms with E-state index in [1.165, 1.54) is 0 Å². The minimum atomic E-state index is -0.0945. The molecule has 1 rings (SSSR count). The van der Waals surface area contributed by atoms with Crippen molar-refractivity contribution in [2.24, 2.45) is 0 Å². The van der Waals surface area contributed by atoms with Crippen molar-refractivity contribution in [2.75, 3.05) is 38.5 Å². The molecule has 0 radical (unpaired) electrons. The smallest absolute Gasteiger partial charge is 0.253 e. The van der Waals surface area contributed by atoms with Crippen molar-refractivity contribution in [3.63, 3.8) is 0 Å². The molecule has 0 aromatic heterocycles. The summed E-state index contributed by atoms with van der Waals surface area (Å²) in [6.07, 6.45) is 0. The number of rotatable bonds is 7. The molecule has 0 aliphatic rings. The normalized spacial score (nSPS) is 10.6. The topological polar surface area (TPSA) is 44.4 Å². The molecule has 0 saturated heterocycles. The summed E-state index contributed by atoms with van der Waals surface area (Å²) in [5.41, 5.74) is 1.40. The molecule has 0 unspecified atom stereocenters. The fourth-order valence-electron chi connectivity index (χ4n) is 1.66. The molecule has 0 bridgehead atoms. The number of carbonyl (C=O) groups excluding carboxylic acids is 1. The van der Waals surface area contributed by atoms with E-state index in [1.807, 2.05) is 20.0 Å². The van der Waals surface area contributed by atoms with Gasteiger partial charge in [0.1, 0.15) is 0 Å². The Hall–Kier alpha value is -1.26. The molecule has 0 atom stereocenters. The number of nitrogens with zero attached hydrogens (tertiary/aromatic N) is 1. The number of anilines is 1. The van der Waals surface area contributed by atoms with Crippen LogP contribution in [0.25, 0.3) is 0 Å². The van der Waals surface area contributed by atoms with Crippen molar-refractivity contribution >= 4 is 23.2 Å². The minimum absolute atomic E-state index is 0.0945. The summed E-state index contributed by atoms with van der Waals surface area (Å²) in [7, 11) is 2.02. The number of likely N-dealkylation sites (N-methyl/N-ethyl adjacent to an activating group) is 1. The predicted octanol–water partition coefficient (Wildman–Crippen LogP) is 2.45. The molecule has 0 heterocycles. The van der Waals surface area contributed by atoms with Crippen LogP contribution < -0.4 is 10.6 Å². The summed E-state index contributed by atoms with van der Waals surface area (Å²) < 4.78 is 0. The third-order valence-electron chi connectivity index (χ3n) is 2.91. The molecular formula is C14H22ClN3O. The highest BCUT2D eigenvalue weighted by atomic mass is 35.5. The number of nitrogens with one attached hydrogen (secondary N) is 2. The van der Waals surface area contributed by atoms with E-state index in [2.05, 4.69) is 22.5 Å². The fourth-order valence-corrected chi connectivity index (χ4v) is 1.83. The zero-order valence-electron chi connectivity index (χ0n) is 11.8. The Labute approximate surface area is 120 Å². The van der Waals surface area contributed by atoms with Crippen LogP contribution in [-0.2, 0) is 0 Å². The number of amides is 1. The first-order valence-electron chi connectivity index (χ1n) is 6.58. The van der Waals surface area contributed by atoms with Gasteiger partial charge in [-0.1, -0.05) is 18.5 Å². The second-order valence-electron chi connectivity index (χ2n) is 4.37. The van der Waals surface area contributed by atoms with Gasteiger partial charge in [-0.15, -0.1) is 0 Å². The van der Waals surface area contributed by atoms with Gasteiger partial charge in [0.2, 0.25) is 0 Å². The van der Waals surface area contributed by atoms with Gasteiger partial charge >= 0.3 is 0 Å². The van der Waals surface area contributed by atoms with E-state index in [-0.39, 0.29) is 5.91 Å². The van der Waals surface area contributed by atoms with Crippen LogP contribution in [-0.4, -0.2) is 44.0 Å². The summed E-state index contributed by atoms with van der Waals surface area (Å²) in [5.74, 6) is -0.0945. The molecule has 5 heteroatoms. The van der Waals surface area contributed by atoms with Gasteiger partial charge in [0.25, 0.3) is 5.91 Å².